The summed E-state index contributed by atoms with van der Waals surface area (Å²) in [4.78, 5) is 11.7. The second-order valence-electron chi connectivity index (χ2n) is 13.0. The fraction of sp³-hybridized carbons (Fsp3) is 0.897. The van der Waals surface area contributed by atoms with Crippen molar-refractivity contribution >= 4 is 5.97 Å². The molecule has 2 rings (SSSR count). The molecule has 1 unspecified atom stereocenters. The van der Waals surface area contributed by atoms with Gasteiger partial charge in [0.2, 0.25) is 0 Å². The average Bonchev–Trinajstić information content (AvgIpc) is 2.99. The number of hydrogen-bond donors (Lipinski definition) is 2. The summed E-state index contributed by atoms with van der Waals surface area (Å²) in [5, 5.41) is 20.5. The molecule has 0 radical (unpaired) electrons. The summed E-state index contributed by atoms with van der Waals surface area (Å²) in [6.07, 6.45) is 10.4. The summed E-state index contributed by atoms with van der Waals surface area (Å²) in [6.45, 7) is 19.3. The number of fused-ring (bicyclic) bond motifs is 1. The molecule has 2 N–H and O–H groups in total. The van der Waals surface area contributed by atoms with Gasteiger partial charge in [-0.25, -0.2) is 0 Å². The van der Waals surface area contributed by atoms with Crippen LogP contribution in [-0.4, -0.2) is 39.3 Å². The van der Waals surface area contributed by atoms with E-state index in [0.717, 1.165) is 56.9 Å². The molecule has 34 heavy (non-hydrogen) atoms. The standard InChI is InChI=1S/C29H52O5/c1-20(27(5,6)34-28(7,8)32)14-15-22(12-10-18-26(3,4)31)23-16-17-24-25(33-21(2)30)13-11-19-29(23,24)9/h22-25,31-32H,1,10-19H2,2-9H3/t22-,23-,24?,25+,29-/m1/s1. The van der Waals surface area contributed by atoms with Crippen LogP contribution in [0.15, 0.2) is 12.2 Å². The third-order valence-corrected chi connectivity index (χ3v) is 8.56. The highest BCUT2D eigenvalue weighted by Crippen LogP contribution is 2.59. The van der Waals surface area contributed by atoms with Gasteiger partial charge in [0, 0.05) is 12.8 Å². The van der Waals surface area contributed by atoms with Crippen LogP contribution in [0.1, 0.15) is 120 Å². The number of esters is 1. The van der Waals surface area contributed by atoms with E-state index in [9.17, 15) is 15.0 Å². The molecule has 0 amide bonds. The predicted molar refractivity (Wildman–Crippen MR) is 137 cm³/mol. The van der Waals surface area contributed by atoms with Gasteiger partial charge in [-0.05, 0) is 116 Å². The largest absolute Gasteiger partial charge is 0.462 e. The van der Waals surface area contributed by atoms with Crippen LogP contribution in [0.25, 0.3) is 0 Å². The maximum atomic E-state index is 11.7. The first kappa shape index (κ1) is 29.3. The van der Waals surface area contributed by atoms with E-state index in [0.29, 0.717) is 17.8 Å². The van der Waals surface area contributed by atoms with E-state index in [1.54, 1.807) is 13.8 Å². The minimum absolute atomic E-state index is 0.0485. The molecule has 0 saturated heterocycles. The smallest absolute Gasteiger partial charge is 0.302 e. The monoisotopic (exact) mass is 480 g/mol. The van der Waals surface area contributed by atoms with Gasteiger partial charge in [-0.15, -0.1) is 0 Å². The fourth-order valence-electron chi connectivity index (χ4n) is 6.99. The molecule has 0 aromatic rings. The molecule has 5 heteroatoms. The van der Waals surface area contributed by atoms with Gasteiger partial charge in [0.05, 0.1) is 11.2 Å². The molecule has 0 aromatic carbocycles. The predicted octanol–water partition coefficient (Wildman–Crippen LogP) is 6.55. The van der Waals surface area contributed by atoms with Crippen LogP contribution in [0.2, 0.25) is 0 Å². The van der Waals surface area contributed by atoms with Crippen LogP contribution < -0.4 is 0 Å². The highest BCUT2D eigenvalue weighted by molar-refractivity contribution is 5.66. The SMILES string of the molecule is C=C(CC[C@@H](CCCC(C)(C)O)[C@H]1CCC2[C@@H](OC(C)=O)CCC[C@@]21C)C(C)(C)OC(C)(C)O. The van der Waals surface area contributed by atoms with Crippen LogP contribution in [0.5, 0.6) is 0 Å². The Morgan fingerprint density at radius 3 is 2.29 bits per heavy atom. The fourth-order valence-corrected chi connectivity index (χ4v) is 6.99. The van der Waals surface area contributed by atoms with Gasteiger partial charge in [0.15, 0.2) is 5.79 Å². The first-order valence-electron chi connectivity index (χ1n) is 13.4. The maximum absolute atomic E-state index is 11.7. The maximum Gasteiger partial charge on any atom is 0.302 e. The molecule has 198 valence electrons. The summed E-state index contributed by atoms with van der Waals surface area (Å²) in [5.41, 5.74) is -0.0748. The molecule has 2 saturated carbocycles. The minimum atomic E-state index is -1.21. The van der Waals surface area contributed by atoms with Gasteiger partial charge < -0.3 is 19.7 Å². The van der Waals surface area contributed by atoms with Crippen molar-refractivity contribution in [1.82, 2.24) is 0 Å². The summed E-state index contributed by atoms with van der Waals surface area (Å²) in [5.74, 6) is 0.153. The zero-order valence-electron chi connectivity index (χ0n) is 23.2. The summed E-state index contributed by atoms with van der Waals surface area (Å²) in [6, 6.07) is 0. The summed E-state index contributed by atoms with van der Waals surface area (Å²) >= 11 is 0. The van der Waals surface area contributed by atoms with Crippen LogP contribution in [0.3, 0.4) is 0 Å². The van der Waals surface area contributed by atoms with Crippen molar-refractivity contribution in [3.63, 3.8) is 0 Å². The summed E-state index contributed by atoms with van der Waals surface area (Å²) in [7, 11) is 0. The second kappa shape index (κ2) is 11.0. The van der Waals surface area contributed by atoms with Gasteiger partial charge >= 0.3 is 5.97 Å². The Morgan fingerprint density at radius 2 is 1.74 bits per heavy atom. The highest BCUT2D eigenvalue weighted by Gasteiger charge is 2.54. The molecule has 0 heterocycles. The molecule has 2 aliphatic carbocycles. The third-order valence-electron chi connectivity index (χ3n) is 8.56. The molecular weight excluding hydrogens is 428 g/mol. The second-order valence-corrected chi connectivity index (χ2v) is 13.0. The van der Waals surface area contributed by atoms with Crippen molar-refractivity contribution in [2.24, 2.45) is 23.2 Å². The zero-order valence-corrected chi connectivity index (χ0v) is 23.2. The Labute approximate surface area is 208 Å². The van der Waals surface area contributed by atoms with Gasteiger partial charge in [0.1, 0.15) is 6.10 Å². The number of carbonyl (C=O) groups is 1. The molecule has 0 aromatic heterocycles. The quantitative estimate of drug-likeness (QED) is 0.188. The van der Waals surface area contributed by atoms with Gasteiger partial charge in [-0.2, -0.15) is 0 Å². The lowest BCUT2D eigenvalue weighted by molar-refractivity contribution is -0.224. The lowest BCUT2D eigenvalue weighted by atomic mass is 9.60. The number of hydrogen-bond acceptors (Lipinski definition) is 5. The van der Waals surface area contributed by atoms with Crippen molar-refractivity contribution in [2.75, 3.05) is 0 Å². The first-order chi connectivity index (χ1) is 15.4. The summed E-state index contributed by atoms with van der Waals surface area (Å²) < 4.78 is 11.7. The van der Waals surface area contributed by atoms with Crippen molar-refractivity contribution in [3.8, 4) is 0 Å². The Morgan fingerprint density at radius 1 is 1.09 bits per heavy atom. The van der Waals surface area contributed by atoms with E-state index in [1.807, 2.05) is 27.7 Å². The minimum Gasteiger partial charge on any atom is -0.462 e. The van der Waals surface area contributed by atoms with E-state index < -0.39 is 17.0 Å². The van der Waals surface area contributed by atoms with E-state index in [1.165, 1.54) is 19.8 Å². The van der Waals surface area contributed by atoms with E-state index >= 15 is 0 Å². The van der Waals surface area contributed by atoms with E-state index in [4.69, 9.17) is 9.47 Å². The van der Waals surface area contributed by atoms with Crippen LogP contribution >= 0.6 is 0 Å². The average molecular weight is 481 g/mol. The molecule has 5 atom stereocenters. The van der Waals surface area contributed by atoms with Crippen molar-refractivity contribution < 1.29 is 24.5 Å². The van der Waals surface area contributed by atoms with Gasteiger partial charge in [-0.3, -0.25) is 4.79 Å². The molecule has 2 aliphatic rings. The van der Waals surface area contributed by atoms with Crippen molar-refractivity contribution in [1.29, 1.82) is 0 Å². The lowest BCUT2D eigenvalue weighted by Crippen LogP contribution is -2.43. The van der Waals surface area contributed by atoms with Crippen molar-refractivity contribution in [3.05, 3.63) is 12.2 Å². The number of aliphatic hydroxyl groups is 2. The molecule has 5 nitrogen and oxygen atoms in total. The Bertz CT molecular complexity index is 698. The van der Waals surface area contributed by atoms with Crippen LogP contribution in [-0.2, 0) is 14.3 Å². The van der Waals surface area contributed by atoms with Crippen LogP contribution in [0.4, 0.5) is 0 Å². The number of ether oxygens (including phenoxy) is 2. The Balaban J connectivity index is 2.17. The zero-order chi connectivity index (χ0) is 25.9. The molecule has 0 spiro atoms. The van der Waals surface area contributed by atoms with Gasteiger partial charge in [0.25, 0.3) is 0 Å². The van der Waals surface area contributed by atoms with Gasteiger partial charge in [-0.1, -0.05) is 26.3 Å². The Kier molecular flexibility index (Phi) is 9.49. The normalized spacial score (nSPS) is 28.9. The lowest BCUT2D eigenvalue weighted by Gasteiger charge is -2.47. The highest BCUT2D eigenvalue weighted by atomic mass is 16.6. The van der Waals surface area contributed by atoms with Crippen molar-refractivity contribution in [2.45, 2.75) is 143 Å². The van der Waals surface area contributed by atoms with E-state index in [-0.39, 0.29) is 17.5 Å². The topological polar surface area (TPSA) is 76.0 Å². The molecule has 0 bridgehead atoms. The molecule has 0 aliphatic heterocycles. The van der Waals surface area contributed by atoms with Crippen LogP contribution in [0, 0.1) is 23.2 Å². The number of rotatable bonds is 12. The molecule has 2 fully saturated rings. The first-order valence-corrected chi connectivity index (χ1v) is 13.4. The molecular formula is C29H52O5. The third kappa shape index (κ3) is 8.06. The number of carbonyl (C=O) groups excluding carboxylic acids is 1. The van der Waals surface area contributed by atoms with E-state index in [2.05, 4.69) is 13.5 Å². The Hall–Kier alpha value is -0.910.